The summed E-state index contributed by atoms with van der Waals surface area (Å²) in [5.74, 6) is 2.45. The van der Waals surface area contributed by atoms with Gasteiger partial charge in [-0.3, -0.25) is 4.90 Å². The number of ether oxygens (including phenoxy) is 1. The van der Waals surface area contributed by atoms with Crippen molar-refractivity contribution in [3.63, 3.8) is 0 Å². The Labute approximate surface area is 116 Å². The van der Waals surface area contributed by atoms with E-state index in [1.165, 1.54) is 17.9 Å². The Hall–Kier alpha value is 0.230. The fraction of sp³-hybridized carbons (Fsp3) is 1.00. The molecule has 2 unspecified atom stereocenters. The van der Waals surface area contributed by atoms with Crippen molar-refractivity contribution >= 4 is 11.8 Å². The van der Waals surface area contributed by atoms with Gasteiger partial charge in [0.25, 0.3) is 0 Å². The molecule has 0 aliphatic carbocycles. The van der Waals surface area contributed by atoms with Crippen LogP contribution in [0.3, 0.4) is 0 Å². The largest absolute Gasteiger partial charge is 0.378 e. The van der Waals surface area contributed by atoms with E-state index in [4.69, 9.17) is 10.5 Å². The second kappa shape index (κ2) is 5.70. The SMILES string of the molecule is CCC1COCCN1C1(CN)CSCCC1(C)C. The molecule has 3 nitrogen and oxygen atoms in total. The first kappa shape index (κ1) is 14.6. The molecule has 0 radical (unpaired) electrons. The molecule has 2 N–H and O–H groups in total. The Morgan fingerprint density at radius 2 is 2.22 bits per heavy atom. The zero-order valence-corrected chi connectivity index (χ0v) is 12.9. The van der Waals surface area contributed by atoms with Crippen LogP contribution in [0.15, 0.2) is 0 Å². The molecular formula is C14H28N2OS. The Morgan fingerprint density at radius 3 is 2.83 bits per heavy atom. The van der Waals surface area contributed by atoms with Crippen LogP contribution in [0.4, 0.5) is 0 Å². The fourth-order valence-electron chi connectivity index (χ4n) is 3.48. The molecule has 2 heterocycles. The van der Waals surface area contributed by atoms with Crippen LogP contribution in [0, 0.1) is 5.41 Å². The highest BCUT2D eigenvalue weighted by Crippen LogP contribution is 2.46. The van der Waals surface area contributed by atoms with Gasteiger partial charge in [-0.15, -0.1) is 0 Å². The van der Waals surface area contributed by atoms with Crippen LogP contribution in [0.25, 0.3) is 0 Å². The van der Waals surface area contributed by atoms with E-state index in [0.29, 0.717) is 11.5 Å². The van der Waals surface area contributed by atoms with Crippen LogP contribution < -0.4 is 5.73 Å². The van der Waals surface area contributed by atoms with Gasteiger partial charge in [0, 0.05) is 30.4 Å². The van der Waals surface area contributed by atoms with Crippen molar-refractivity contribution in [2.45, 2.75) is 45.2 Å². The van der Waals surface area contributed by atoms with Crippen molar-refractivity contribution in [3.05, 3.63) is 0 Å². The maximum absolute atomic E-state index is 6.27. The molecule has 0 spiro atoms. The van der Waals surface area contributed by atoms with E-state index in [1.54, 1.807) is 0 Å². The number of thioether (sulfide) groups is 1. The van der Waals surface area contributed by atoms with E-state index in [9.17, 15) is 0 Å². The molecule has 0 aromatic carbocycles. The molecule has 4 heteroatoms. The average molecular weight is 272 g/mol. The molecule has 0 amide bonds. The lowest BCUT2D eigenvalue weighted by Crippen LogP contribution is -2.70. The Balaban J connectivity index is 2.29. The monoisotopic (exact) mass is 272 g/mol. The van der Waals surface area contributed by atoms with Crippen molar-refractivity contribution in [2.75, 3.05) is 37.8 Å². The number of morpholine rings is 1. The molecule has 2 rings (SSSR count). The first-order chi connectivity index (χ1) is 8.57. The van der Waals surface area contributed by atoms with Gasteiger partial charge >= 0.3 is 0 Å². The Bertz CT molecular complexity index is 285. The minimum atomic E-state index is 0.153. The van der Waals surface area contributed by atoms with Crippen LogP contribution in [0.2, 0.25) is 0 Å². The van der Waals surface area contributed by atoms with Gasteiger partial charge in [-0.25, -0.2) is 0 Å². The summed E-state index contributed by atoms with van der Waals surface area (Å²) in [5.41, 5.74) is 6.72. The minimum absolute atomic E-state index is 0.153. The maximum atomic E-state index is 6.27. The number of nitrogens with zero attached hydrogens (tertiary/aromatic N) is 1. The first-order valence-corrected chi connectivity index (χ1v) is 8.35. The van der Waals surface area contributed by atoms with Crippen LogP contribution in [-0.4, -0.2) is 54.3 Å². The summed E-state index contributed by atoms with van der Waals surface area (Å²) < 4.78 is 5.66. The van der Waals surface area contributed by atoms with Gasteiger partial charge in [0.15, 0.2) is 0 Å². The molecule has 2 aliphatic rings. The quantitative estimate of drug-likeness (QED) is 0.852. The predicted molar refractivity (Wildman–Crippen MR) is 79.1 cm³/mol. The highest BCUT2D eigenvalue weighted by molar-refractivity contribution is 7.99. The van der Waals surface area contributed by atoms with Crippen LogP contribution >= 0.6 is 11.8 Å². The lowest BCUT2D eigenvalue weighted by molar-refractivity contribution is -0.0977. The van der Waals surface area contributed by atoms with Gasteiger partial charge < -0.3 is 10.5 Å². The maximum Gasteiger partial charge on any atom is 0.0622 e. The van der Waals surface area contributed by atoms with Gasteiger partial charge in [0.2, 0.25) is 0 Å². The number of hydrogen-bond acceptors (Lipinski definition) is 4. The van der Waals surface area contributed by atoms with E-state index >= 15 is 0 Å². The van der Waals surface area contributed by atoms with E-state index < -0.39 is 0 Å². The summed E-state index contributed by atoms with van der Waals surface area (Å²) in [7, 11) is 0. The summed E-state index contributed by atoms with van der Waals surface area (Å²) >= 11 is 2.07. The Kier molecular flexibility index (Phi) is 4.63. The van der Waals surface area contributed by atoms with Crippen LogP contribution in [0.1, 0.15) is 33.6 Å². The lowest BCUT2D eigenvalue weighted by atomic mass is 9.69. The molecule has 2 aliphatic heterocycles. The summed E-state index contributed by atoms with van der Waals surface area (Å²) in [5, 5.41) is 0. The third-order valence-corrected chi connectivity index (χ3v) is 6.23. The van der Waals surface area contributed by atoms with Gasteiger partial charge in [0.05, 0.1) is 13.2 Å². The molecule has 0 bridgehead atoms. The topological polar surface area (TPSA) is 38.5 Å². The van der Waals surface area contributed by atoms with Crippen LogP contribution in [0.5, 0.6) is 0 Å². The third-order valence-electron chi connectivity index (χ3n) is 5.06. The third kappa shape index (κ3) is 2.33. The molecule has 106 valence electrons. The molecule has 2 atom stereocenters. The smallest absolute Gasteiger partial charge is 0.0622 e. The van der Waals surface area contributed by atoms with Crippen LogP contribution in [-0.2, 0) is 4.74 Å². The molecule has 18 heavy (non-hydrogen) atoms. The molecule has 0 aromatic heterocycles. The lowest BCUT2D eigenvalue weighted by Gasteiger charge is -2.58. The van der Waals surface area contributed by atoms with Crippen molar-refractivity contribution in [3.8, 4) is 0 Å². The standard InChI is InChI=1S/C14H28N2OS/c1-4-12-9-17-7-6-16(12)14(10-15)11-18-8-5-13(14,2)3/h12H,4-11,15H2,1-3H3. The minimum Gasteiger partial charge on any atom is -0.378 e. The van der Waals surface area contributed by atoms with Gasteiger partial charge in [-0.2, -0.15) is 11.8 Å². The second-order valence-electron chi connectivity index (χ2n) is 6.25. The van der Waals surface area contributed by atoms with E-state index in [2.05, 4.69) is 37.4 Å². The molecule has 0 aromatic rings. The average Bonchev–Trinajstić information content (AvgIpc) is 2.39. The number of nitrogens with two attached hydrogens (primary N) is 1. The molecule has 2 saturated heterocycles. The van der Waals surface area contributed by atoms with Crippen molar-refractivity contribution in [1.82, 2.24) is 4.90 Å². The molecule has 0 saturated carbocycles. The second-order valence-corrected chi connectivity index (χ2v) is 7.36. The summed E-state index contributed by atoms with van der Waals surface area (Å²) in [6.45, 7) is 10.6. The summed E-state index contributed by atoms with van der Waals surface area (Å²) in [4.78, 5) is 2.68. The van der Waals surface area contributed by atoms with Gasteiger partial charge in [-0.05, 0) is 24.0 Å². The van der Waals surface area contributed by atoms with E-state index in [1.807, 2.05) is 0 Å². The highest BCUT2D eigenvalue weighted by Gasteiger charge is 2.52. The zero-order valence-electron chi connectivity index (χ0n) is 12.1. The van der Waals surface area contributed by atoms with E-state index in [-0.39, 0.29) is 5.54 Å². The van der Waals surface area contributed by atoms with E-state index in [0.717, 1.165) is 32.7 Å². The molecule has 2 fully saturated rings. The van der Waals surface area contributed by atoms with Crippen molar-refractivity contribution < 1.29 is 4.74 Å². The normalized spacial score (nSPS) is 37.7. The van der Waals surface area contributed by atoms with Gasteiger partial charge in [-0.1, -0.05) is 20.8 Å². The fourth-order valence-corrected chi connectivity index (χ4v) is 5.29. The van der Waals surface area contributed by atoms with Crippen molar-refractivity contribution in [2.24, 2.45) is 11.1 Å². The Morgan fingerprint density at radius 1 is 1.44 bits per heavy atom. The van der Waals surface area contributed by atoms with Crippen molar-refractivity contribution in [1.29, 1.82) is 0 Å². The number of rotatable bonds is 3. The number of hydrogen-bond donors (Lipinski definition) is 1. The summed E-state index contributed by atoms with van der Waals surface area (Å²) in [6.07, 6.45) is 2.42. The predicted octanol–water partition coefficient (Wildman–Crippen LogP) is 1.96. The molecular weight excluding hydrogens is 244 g/mol. The van der Waals surface area contributed by atoms with Gasteiger partial charge in [0.1, 0.15) is 0 Å². The first-order valence-electron chi connectivity index (χ1n) is 7.20. The highest BCUT2D eigenvalue weighted by atomic mass is 32.2. The zero-order chi connectivity index (χ0) is 13.2. The summed E-state index contributed by atoms with van der Waals surface area (Å²) in [6, 6.07) is 0.542.